The van der Waals surface area contributed by atoms with Crippen molar-refractivity contribution >= 4 is 5.95 Å². The Bertz CT molecular complexity index is 415. The number of hydrogen-bond acceptors (Lipinski definition) is 4. The van der Waals surface area contributed by atoms with Crippen molar-refractivity contribution in [2.24, 2.45) is 7.05 Å². The number of nitrogens with two attached hydrogens (primary N) is 1. The average molecular weight is 203 g/mol. The molecule has 0 atom stereocenters. The van der Waals surface area contributed by atoms with Gasteiger partial charge in [-0.25, -0.2) is 4.68 Å². The molecule has 0 unspecified atom stereocenters. The fraction of sp³-hybridized carbons (Fsp3) is 0.300. The Kier molecular flexibility index (Phi) is 2.62. The number of hydrogen-bond donors (Lipinski definition) is 1. The van der Waals surface area contributed by atoms with Crippen LogP contribution in [0.25, 0.3) is 0 Å². The van der Waals surface area contributed by atoms with E-state index in [4.69, 9.17) is 5.73 Å². The fourth-order valence-corrected chi connectivity index (χ4v) is 1.36. The van der Waals surface area contributed by atoms with Gasteiger partial charge in [0.1, 0.15) is 0 Å². The largest absolute Gasteiger partial charge is 0.368 e. The molecule has 78 valence electrons. The van der Waals surface area contributed by atoms with Crippen molar-refractivity contribution in [3.8, 4) is 0 Å². The molecular weight excluding hydrogens is 190 g/mol. The molecule has 0 aliphatic rings. The van der Waals surface area contributed by atoms with E-state index in [1.807, 2.05) is 18.3 Å². The summed E-state index contributed by atoms with van der Waals surface area (Å²) in [5, 5.41) is 4.19. The third-order valence-corrected chi connectivity index (χ3v) is 2.20. The van der Waals surface area contributed by atoms with Crippen LogP contribution in [0.1, 0.15) is 11.4 Å². The molecule has 0 fully saturated rings. The maximum atomic E-state index is 5.59. The van der Waals surface area contributed by atoms with Gasteiger partial charge in [0.2, 0.25) is 5.95 Å². The first-order valence-electron chi connectivity index (χ1n) is 4.80. The molecule has 0 radical (unpaired) electrons. The van der Waals surface area contributed by atoms with Crippen LogP contribution in [-0.4, -0.2) is 19.7 Å². The second kappa shape index (κ2) is 4.08. The molecule has 0 aromatic carbocycles. The highest BCUT2D eigenvalue weighted by Gasteiger charge is 2.03. The number of nitrogens with zero attached hydrogens (tertiary/aromatic N) is 4. The summed E-state index contributed by atoms with van der Waals surface area (Å²) in [5.41, 5.74) is 6.77. The van der Waals surface area contributed by atoms with E-state index in [0.717, 1.165) is 18.7 Å². The number of rotatable bonds is 3. The van der Waals surface area contributed by atoms with Gasteiger partial charge in [-0.2, -0.15) is 10.1 Å². The van der Waals surface area contributed by atoms with Crippen LogP contribution in [0.3, 0.4) is 0 Å². The average Bonchev–Trinajstić information content (AvgIpc) is 2.57. The first-order chi connectivity index (χ1) is 7.25. The summed E-state index contributed by atoms with van der Waals surface area (Å²) in [6.45, 7) is 0. The SMILES string of the molecule is Cn1nc(CCc2cccnc2)nc1N. The predicted octanol–water partition coefficient (Wildman–Crippen LogP) is 0.578. The van der Waals surface area contributed by atoms with Crippen molar-refractivity contribution in [3.05, 3.63) is 35.9 Å². The molecule has 2 rings (SSSR count). The smallest absolute Gasteiger partial charge is 0.218 e. The van der Waals surface area contributed by atoms with E-state index in [-0.39, 0.29) is 0 Å². The molecule has 0 saturated heterocycles. The van der Waals surface area contributed by atoms with Crippen LogP contribution in [0.2, 0.25) is 0 Å². The molecule has 0 aliphatic heterocycles. The van der Waals surface area contributed by atoms with E-state index in [2.05, 4.69) is 15.1 Å². The summed E-state index contributed by atoms with van der Waals surface area (Å²) in [6, 6.07) is 3.97. The lowest BCUT2D eigenvalue weighted by Crippen LogP contribution is -1.98. The van der Waals surface area contributed by atoms with Gasteiger partial charge in [-0.3, -0.25) is 4.98 Å². The van der Waals surface area contributed by atoms with Gasteiger partial charge in [0.15, 0.2) is 5.82 Å². The van der Waals surface area contributed by atoms with E-state index in [9.17, 15) is 0 Å². The minimum absolute atomic E-state index is 0.455. The fourth-order valence-electron chi connectivity index (χ4n) is 1.36. The van der Waals surface area contributed by atoms with Crippen LogP contribution >= 0.6 is 0 Å². The molecule has 0 bridgehead atoms. The first kappa shape index (κ1) is 9.64. The lowest BCUT2D eigenvalue weighted by Gasteiger charge is -1.96. The van der Waals surface area contributed by atoms with Crippen LogP contribution in [0, 0.1) is 0 Å². The van der Waals surface area contributed by atoms with E-state index in [1.54, 1.807) is 17.9 Å². The van der Waals surface area contributed by atoms with Gasteiger partial charge in [0.05, 0.1) is 0 Å². The quantitative estimate of drug-likeness (QED) is 0.792. The number of aromatic nitrogens is 4. The minimum atomic E-state index is 0.455. The molecule has 0 spiro atoms. The Morgan fingerprint density at radius 2 is 2.27 bits per heavy atom. The summed E-state index contributed by atoms with van der Waals surface area (Å²) < 4.78 is 1.58. The van der Waals surface area contributed by atoms with Gasteiger partial charge < -0.3 is 5.73 Å². The summed E-state index contributed by atoms with van der Waals surface area (Å²) in [6.07, 6.45) is 5.29. The highest BCUT2D eigenvalue weighted by Crippen LogP contribution is 2.04. The van der Waals surface area contributed by atoms with Gasteiger partial charge in [0.25, 0.3) is 0 Å². The lowest BCUT2D eigenvalue weighted by atomic mass is 10.1. The molecule has 0 amide bonds. The first-order valence-corrected chi connectivity index (χ1v) is 4.80. The monoisotopic (exact) mass is 203 g/mol. The van der Waals surface area contributed by atoms with Crippen LogP contribution in [0.15, 0.2) is 24.5 Å². The summed E-state index contributed by atoms with van der Waals surface area (Å²) in [4.78, 5) is 8.18. The summed E-state index contributed by atoms with van der Waals surface area (Å²) in [5.74, 6) is 1.23. The van der Waals surface area contributed by atoms with E-state index < -0.39 is 0 Å². The van der Waals surface area contributed by atoms with E-state index in [0.29, 0.717) is 5.95 Å². The minimum Gasteiger partial charge on any atom is -0.368 e. The number of aryl methyl sites for hydroxylation is 3. The standard InChI is InChI=1S/C10H13N5/c1-15-10(11)13-9(14-15)5-4-8-3-2-6-12-7-8/h2-3,6-7H,4-5H2,1H3,(H2,11,13,14). The maximum absolute atomic E-state index is 5.59. The van der Waals surface area contributed by atoms with Crippen molar-refractivity contribution in [2.45, 2.75) is 12.8 Å². The number of anilines is 1. The third-order valence-electron chi connectivity index (χ3n) is 2.20. The van der Waals surface area contributed by atoms with Crippen LogP contribution < -0.4 is 5.73 Å². The van der Waals surface area contributed by atoms with Crippen LogP contribution in [0.5, 0.6) is 0 Å². The zero-order valence-corrected chi connectivity index (χ0v) is 8.59. The zero-order valence-electron chi connectivity index (χ0n) is 8.59. The molecule has 0 saturated carbocycles. The van der Waals surface area contributed by atoms with Gasteiger partial charge in [0, 0.05) is 25.9 Å². The second-order valence-corrected chi connectivity index (χ2v) is 3.37. The zero-order chi connectivity index (χ0) is 10.7. The van der Waals surface area contributed by atoms with Crippen molar-refractivity contribution in [1.82, 2.24) is 19.7 Å². The molecule has 5 nitrogen and oxygen atoms in total. The van der Waals surface area contributed by atoms with Crippen molar-refractivity contribution in [3.63, 3.8) is 0 Å². The van der Waals surface area contributed by atoms with Crippen LogP contribution in [0.4, 0.5) is 5.95 Å². The highest BCUT2D eigenvalue weighted by atomic mass is 15.4. The Hall–Kier alpha value is -1.91. The molecule has 2 N–H and O–H groups in total. The molecule has 5 heteroatoms. The highest BCUT2D eigenvalue weighted by molar-refractivity contribution is 5.16. The number of nitrogen functional groups attached to an aromatic ring is 1. The molecular formula is C10H13N5. The molecule has 2 heterocycles. The Morgan fingerprint density at radius 3 is 2.87 bits per heavy atom. The Morgan fingerprint density at radius 1 is 1.40 bits per heavy atom. The van der Waals surface area contributed by atoms with Crippen LogP contribution in [-0.2, 0) is 19.9 Å². The van der Waals surface area contributed by atoms with Crippen molar-refractivity contribution in [2.75, 3.05) is 5.73 Å². The summed E-state index contributed by atoms with van der Waals surface area (Å²) >= 11 is 0. The van der Waals surface area contributed by atoms with Gasteiger partial charge in [-0.1, -0.05) is 6.07 Å². The molecule has 2 aromatic rings. The Balaban J connectivity index is 1.99. The van der Waals surface area contributed by atoms with E-state index >= 15 is 0 Å². The Labute approximate surface area is 88.0 Å². The third kappa shape index (κ3) is 2.31. The lowest BCUT2D eigenvalue weighted by molar-refractivity contribution is 0.744. The molecule has 15 heavy (non-hydrogen) atoms. The predicted molar refractivity (Wildman–Crippen MR) is 57.1 cm³/mol. The van der Waals surface area contributed by atoms with Crippen molar-refractivity contribution < 1.29 is 0 Å². The van der Waals surface area contributed by atoms with Gasteiger partial charge >= 0.3 is 0 Å². The van der Waals surface area contributed by atoms with E-state index in [1.165, 1.54) is 5.56 Å². The van der Waals surface area contributed by atoms with Gasteiger partial charge in [-0.05, 0) is 18.1 Å². The second-order valence-electron chi connectivity index (χ2n) is 3.37. The van der Waals surface area contributed by atoms with Crippen molar-refractivity contribution in [1.29, 1.82) is 0 Å². The number of pyridine rings is 1. The molecule has 2 aromatic heterocycles. The van der Waals surface area contributed by atoms with Gasteiger partial charge in [-0.15, -0.1) is 0 Å². The topological polar surface area (TPSA) is 69.6 Å². The summed E-state index contributed by atoms with van der Waals surface area (Å²) in [7, 11) is 1.79. The maximum Gasteiger partial charge on any atom is 0.218 e. The molecule has 0 aliphatic carbocycles. The normalized spacial score (nSPS) is 10.5.